The molecule has 1 saturated heterocycles. The second-order valence-electron chi connectivity index (χ2n) is 4.37. The average molecular weight is 270 g/mol. The summed E-state index contributed by atoms with van der Waals surface area (Å²) in [6.45, 7) is 1.46. The van der Waals surface area contributed by atoms with Gasteiger partial charge >= 0.3 is 0 Å². The number of nitro benzene ring substituents is 1. The van der Waals surface area contributed by atoms with E-state index >= 15 is 0 Å². The fraction of sp³-hybridized carbons (Fsp3) is 0.455. The van der Waals surface area contributed by atoms with Crippen LogP contribution in [-0.4, -0.2) is 32.7 Å². The van der Waals surface area contributed by atoms with Gasteiger partial charge in [-0.1, -0.05) is 0 Å². The van der Waals surface area contributed by atoms with E-state index in [1.165, 1.54) is 18.2 Å². The molecule has 0 bridgehead atoms. The quantitative estimate of drug-likeness (QED) is 0.615. The van der Waals surface area contributed by atoms with Crippen LogP contribution in [0, 0.1) is 10.1 Å². The Hall–Kier alpha value is -1.63. The van der Waals surface area contributed by atoms with E-state index in [-0.39, 0.29) is 10.6 Å². The molecule has 1 aliphatic heterocycles. The van der Waals surface area contributed by atoms with Gasteiger partial charge in [-0.15, -0.1) is 0 Å². The summed E-state index contributed by atoms with van der Waals surface area (Å²) in [6, 6.07) is 3.95. The highest BCUT2D eigenvalue weighted by atomic mass is 32.2. The monoisotopic (exact) mass is 270 g/mol. The molecule has 0 atom stereocenters. The molecule has 0 unspecified atom stereocenters. The molecular formula is C11H14N2O4S. The second kappa shape index (κ2) is 4.56. The second-order valence-corrected chi connectivity index (χ2v) is 6.39. The first-order chi connectivity index (χ1) is 8.39. The van der Waals surface area contributed by atoms with Gasteiger partial charge in [0, 0.05) is 25.4 Å². The molecule has 18 heavy (non-hydrogen) atoms. The third-order valence-corrected chi connectivity index (χ3v) is 4.13. The fourth-order valence-corrected chi connectivity index (χ4v) is 2.74. The number of rotatable bonds is 3. The van der Waals surface area contributed by atoms with Crippen LogP contribution < -0.4 is 4.90 Å². The summed E-state index contributed by atoms with van der Waals surface area (Å²) in [5, 5.41) is 11.0. The first kappa shape index (κ1) is 12.8. The minimum atomic E-state index is -3.35. The van der Waals surface area contributed by atoms with E-state index in [9.17, 15) is 18.5 Å². The minimum absolute atomic E-state index is 0.0377. The molecule has 0 aliphatic carbocycles. The Balaban J connectivity index is 2.54. The molecule has 2 rings (SSSR count). The standard InChI is InChI=1S/C11H14N2O4S/c1-18(16,17)9-4-5-10(13(14)15)11(8-9)12-6-2-3-7-12/h4-5,8H,2-3,6-7H2,1H3. The molecular weight excluding hydrogens is 256 g/mol. The number of nitrogens with zero attached hydrogens (tertiary/aromatic N) is 2. The van der Waals surface area contributed by atoms with Crippen molar-refractivity contribution in [3.63, 3.8) is 0 Å². The Labute approximate surface area is 105 Å². The van der Waals surface area contributed by atoms with Crippen LogP contribution in [0.3, 0.4) is 0 Å². The number of hydrogen-bond acceptors (Lipinski definition) is 5. The van der Waals surface area contributed by atoms with E-state index in [1.807, 2.05) is 4.90 Å². The molecule has 1 aromatic carbocycles. The lowest BCUT2D eigenvalue weighted by atomic mass is 10.2. The first-order valence-electron chi connectivity index (χ1n) is 5.63. The Morgan fingerprint density at radius 2 is 1.89 bits per heavy atom. The van der Waals surface area contributed by atoms with Crippen LogP contribution >= 0.6 is 0 Å². The first-order valence-corrected chi connectivity index (χ1v) is 7.52. The maximum atomic E-state index is 11.5. The summed E-state index contributed by atoms with van der Waals surface area (Å²) in [4.78, 5) is 12.5. The van der Waals surface area contributed by atoms with Crippen LogP contribution in [0.1, 0.15) is 12.8 Å². The molecule has 1 fully saturated rings. The Bertz CT molecular complexity index is 577. The Morgan fingerprint density at radius 3 is 2.39 bits per heavy atom. The molecule has 0 spiro atoms. The molecule has 1 aliphatic rings. The van der Waals surface area contributed by atoms with Crippen molar-refractivity contribution >= 4 is 21.2 Å². The summed E-state index contributed by atoms with van der Waals surface area (Å²) in [6.07, 6.45) is 3.04. The Morgan fingerprint density at radius 1 is 1.28 bits per heavy atom. The zero-order valence-corrected chi connectivity index (χ0v) is 10.8. The summed E-state index contributed by atoms with van der Waals surface area (Å²) in [7, 11) is -3.35. The highest BCUT2D eigenvalue weighted by Gasteiger charge is 2.24. The summed E-state index contributed by atoms with van der Waals surface area (Å²) in [5.41, 5.74) is 0.365. The van der Waals surface area contributed by atoms with Crippen molar-refractivity contribution in [1.82, 2.24) is 0 Å². The van der Waals surface area contributed by atoms with Crippen molar-refractivity contribution in [3.05, 3.63) is 28.3 Å². The molecule has 1 heterocycles. The van der Waals surface area contributed by atoms with Crippen LogP contribution in [0.15, 0.2) is 23.1 Å². The maximum Gasteiger partial charge on any atom is 0.292 e. The van der Waals surface area contributed by atoms with Gasteiger partial charge in [-0.2, -0.15) is 0 Å². The van der Waals surface area contributed by atoms with Crippen molar-refractivity contribution in [1.29, 1.82) is 0 Å². The summed E-state index contributed by atoms with van der Waals surface area (Å²) < 4.78 is 23.0. The molecule has 1 aromatic rings. The van der Waals surface area contributed by atoms with Gasteiger partial charge in [0.05, 0.1) is 9.82 Å². The molecule has 0 aromatic heterocycles. The van der Waals surface area contributed by atoms with Crippen LogP contribution in [0.4, 0.5) is 11.4 Å². The number of sulfone groups is 1. The molecule has 6 nitrogen and oxygen atoms in total. The molecule has 98 valence electrons. The molecule has 0 radical (unpaired) electrons. The van der Waals surface area contributed by atoms with Crippen LogP contribution in [0.25, 0.3) is 0 Å². The van der Waals surface area contributed by atoms with Gasteiger partial charge in [0.15, 0.2) is 9.84 Å². The van der Waals surface area contributed by atoms with Crippen LogP contribution in [0.5, 0.6) is 0 Å². The Kier molecular flexibility index (Phi) is 3.25. The largest absolute Gasteiger partial charge is 0.366 e. The summed E-state index contributed by atoms with van der Waals surface area (Å²) >= 11 is 0. The minimum Gasteiger partial charge on any atom is -0.366 e. The SMILES string of the molecule is CS(=O)(=O)c1ccc([N+](=O)[O-])c(N2CCCC2)c1. The van der Waals surface area contributed by atoms with Crippen LogP contribution in [-0.2, 0) is 9.84 Å². The lowest BCUT2D eigenvalue weighted by molar-refractivity contribution is -0.384. The van der Waals surface area contributed by atoms with E-state index in [1.54, 1.807) is 0 Å². The average Bonchev–Trinajstić information content (AvgIpc) is 2.80. The molecule has 0 saturated carbocycles. The van der Waals surface area contributed by atoms with Gasteiger partial charge < -0.3 is 4.90 Å². The molecule has 7 heteroatoms. The predicted molar refractivity (Wildman–Crippen MR) is 67.7 cm³/mol. The lowest BCUT2D eigenvalue weighted by Crippen LogP contribution is -2.19. The van der Waals surface area contributed by atoms with E-state index < -0.39 is 14.8 Å². The van der Waals surface area contributed by atoms with E-state index in [4.69, 9.17) is 0 Å². The van der Waals surface area contributed by atoms with Gasteiger partial charge in [-0.25, -0.2) is 8.42 Å². The number of nitro groups is 1. The fourth-order valence-electron chi connectivity index (χ4n) is 2.10. The van der Waals surface area contributed by atoms with Crippen molar-refractivity contribution in [2.45, 2.75) is 17.7 Å². The number of hydrogen-bond donors (Lipinski definition) is 0. The van der Waals surface area contributed by atoms with E-state index in [0.29, 0.717) is 5.69 Å². The molecule has 0 amide bonds. The topological polar surface area (TPSA) is 80.5 Å². The zero-order chi connectivity index (χ0) is 13.3. The highest BCUT2D eigenvalue weighted by molar-refractivity contribution is 7.90. The predicted octanol–water partition coefficient (Wildman–Crippen LogP) is 1.60. The van der Waals surface area contributed by atoms with E-state index in [0.717, 1.165) is 32.2 Å². The number of anilines is 1. The van der Waals surface area contributed by atoms with Crippen molar-refractivity contribution < 1.29 is 13.3 Å². The number of benzene rings is 1. The smallest absolute Gasteiger partial charge is 0.292 e. The zero-order valence-electron chi connectivity index (χ0n) is 10.00. The van der Waals surface area contributed by atoms with Crippen molar-refractivity contribution in [2.75, 3.05) is 24.2 Å². The third-order valence-electron chi connectivity index (χ3n) is 3.02. The summed E-state index contributed by atoms with van der Waals surface area (Å²) in [5.74, 6) is 0. The third kappa shape index (κ3) is 2.45. The normalized spacial score (nSPS) is 15.9. The lowest BCUT2D eigenvalue weighted by Gasteiger charge is -2.18. The van der Waals surface area contributed by atoms with Crippen molar-refractivity contribution in [2.24, 2.45) is 0 Å². The van der Waals surface area contributed by atoms with E-state index in [2.05, 4.69) is 0 Å². The van der Waals surface area contributed by atoms with Gasteiger partial charge in [-0.05, 0) is 25.0 Å². The van der Waals surface area contributed by atoms with Gasteiger partial charge in [0.1, 0.15) is 5.69 Å². The maximum absolute atomic E-state index is 11.5. The highest BCUT2D eigenvalue weighted by Crippen LogP contribution is 2.32. The van der Waals surface area contributed by atoms with Gasteiger partial charge in [-0.3, -0.25) is 10.1 Å². The molecule has 0 N–H and O–H groups in total. The van der Waals surface area contributed by atoms with Crippen molar-refractivity contribution in [3.8, 4) is 0 Å². The van der Waals surface area contributed by atoms with Crippen LogP contribution in [0.2, 0.25) is 0 Å². The van der Waals surface area contributed by atoms with Gasteiger partial charge in [0.2, 0.25) is 0 Å². The van der Waals surface area contributed by atoms with Gasteiger partial charge in [0.25, 0.3) is 5.69 Å².